The van der Waals surface area contributed by atoms with Crippen molar-refractivity contribution < 1.29 is 22.8 Å². The Kier molecular flexibility index (Phi) is 5.63. The lowest BCUT2D eigenvalue weighted by molar-refractivity contribution is -0.0567. The molecule has 0 spiro atoms. The number of hydrogen-bond donors (Lipinski definition) is 1. The third-order valence-electron chi connectivity index (χ3n) is 5.88. The number of hydrogen-bond acceptors (Lipinski definition) is 9. The number of nitrogens with zero attached hydrogens (tertiary/aromatic N) is 4. The van der Waals surface area contributed by atoms with Crippen LogP contribution in [0.3, 0.4) is 0 Å². The van der Waals surface area contributed by atoms with E-state index in [1.54, 1.807) is 4.57 Å². The molecule has 0 saturated carbocycles. The van der Waals surface area contributed by atoms with Crippen LogP contribution in [0.15, 0.2) is 11.1 Å². The number of imidazole rings is 1. The summed E-state index contributed by atoms with van der Waals surface area (Å²) in [5, 5.41) is -0.0771. The zero-order chi connectivity index (χ0) is 22.1. The maximum Gasteiger partial charge on any atom is 0.424 e. The molecule has 2 fully saturated rings. The Balaban J connectivity index is 1.81. The molecule has 4 rings (SSSR count). The van der Waals surface area contributed by atoms with Crippen molar-refractivity contribution in [1.29, 1.82) is 0 Å². The number of nitrogen functional groups attached to an aromatic ring is 1. The Labute approximate surface area is 188 Å². The summed E-state index contributed by atoms with van der Waals surface area (Å²) >= 11 is 9.40. The van der Waals surface area contributed by atoms with Crippen molar-refractivity contribution in [1.82, 2.24) is 19.5 Å². The van der Waals surface area contributed by atoms with Gasteiger partial charge in [0.25, 0.3) is 0 Å². The maximum absolute atomic E-state index is 12.4. The average molecular weight is 541 g/mol. The summed E-state index contributed by atoms with van der Waals surface area (Å²) in [6.07, 6.45) is -1.13. The number of nitrogens with two attached hydrogens (primary N) is 1. The molecule has 0 aliphatic carbocycles. The summed E-state index contributed by atoms with van der Waals surface area (Å²) in [4.78, 5) is 12.8. The molecule has 5 atom stereocenters. The highest BCUT2D eigenvalue weighted by Gasteiger charge is 2.56. The molecule has 0 aromatic carbocycles. The summed E-state index contributed by atoms with van der Waals surface area (Å²) in [5.41, 5.74) is 6.89. The summed E-state index contributed by atoms with van der Waals surface area (Å²) in [6.45, 7) is 6.95. The quantitative estimate of drug-likeness (QED) is 0.346. The Hall–Kier alpha value is -0.593. The Bertz CT molecular complexity index is 1030. The minimum Gasteiger partial charge on any atom is -0.407 e. The number of halogens is 2. The molecular formula is C16H24BrClN5O5PSi. The second kappa shape index (κ2) is 7.48. The van der Waals surface area contributed by atoms with Gasteiger partial charge in [-0.1, -0.05) is 20.8 Å². The molecule has 2 aromatic rings. The van der Waals surface area contributed by atoms with Crippen LogP contribution in [0.2, 0.25) is 18.1 Å². The lowest BCUT2D eigenvalue weighted by Crippen LogP contribution is -2.50. The van der Waals surface area contributed by atoms with E-state index in [4.69, 9.17) is 35.2 Å². The van der Waals surface area contributed by atoms with E-state index >= 15 is 0 Å². The fourth-order valence-electron chi connectivity index (χ4n) is 3.28. The first-order valence-electron chi connectivity index (χ1n) is 9.40. The van der Waals surface area contributed by atoms with Crippen molar-refractivity contribution in [2.45, 2.75) is 63.4 Å². The molecule has 4 heterocycles. The molecule has 30 heavy (non-hydrogen) atoms. The third-order valence-corrected chi connectivity index (χ3v) is 12.4. The highest BCUT2D eigenvalue weighted by atomic mass is 79.9. The van der Waals surface area contributed by atoms with Crippen molar-refractivity contribution in [3.8, 4) is 0 Å². The Morgan fingerprint density at radius 3 is 2.77 bits per heavy atom. The topological polar surface area (TPSA) is 124 Å². The number of ether oxygens (including phenoxy) is 1. The van der Waals surface area contributed by atoms with Crippen molar-refractivity contribution in [3.05, 3.63) is 11.1 Å². The van der Waals surface area contributed by atoms with Gasteiger partial charge in [0.15, 0.2) is 36.3 Å². The second-order valence-corrected chi connectivity index (χ2v) is 16.9. The molecule has 10 nitrogen and oxygen atoms in total. The predicted molar refractivity (Wildman–Crippen MR) is 118 cm³/mol. The summed E-state index contributed by atoms with van der Waals surface area (Å²) < 4.78 is 38.3. The first kappa shape index (κ1) is 22.6. The van der Waals surface area contributed by atoms with Crippen LogP contribution in [0.4, 0.5) is 5.82 Å². The van der Waals surface area contributed by atoms with Crippen molar-refractivity contribution in [2.24, 2.45) is 0 Å². The van der Waals surface area contributed by atoms with Gasteiger partial charge in [0.1, 0.15) is 24.6 Å². The van der Waals surface area contributed by atoms with Crippen LogP contribution in [0.25, 0.3) is 11.2 Å². The molecule has 2 aliphatic heterocycles. The molecule has 0 bridgehead atoms. The van der Waals surface area contributed by atoms with Gasteiger partial charge in [0.05, 0.1) is 6.61 Å². The van der Waals surface area contributed by atoms with E-state index in [1.165, 1.54) is 6.33 Å². The summed E-state index contributed by atoms with van der Waals surface area (Å²) in [6, 6.07) is 0. The van der Waals surface area contributed by atoms with Crippen LogP contribution in [0.1, 0.15) is 27.0 Å². The maximum atomic E-state index is 12.4. The van der Waals surface area contributed by atoms with Gasteiger partial charge in [-0.2, -0.15) is 0 Å². The van der Waals surface area contributed by atoms with Crippen LogP contribution in [-0.2, 0) is 22.8 Å². The molecule has 2 saturated heterocycles. The zero-order valence-electron chi connectivity index (χ0n) is 17.2. The molecular weight excluding hydrogens is 517 g/mol. The molecule has 2 aliphatic rings. The van der Waals surface area contributed by atoms with Crippen LogP contribution >= 0.6 is 34.1 Å². The van der Waals surface area contributed by atoms with Gasteiger partial charge in [-0.05, 0) is 34.1 Å². The average Bonchev–Trinajstić information content (AvgIpc) is 3.11. The zero-order valence-corrected chi connectivity index (χ0v) is 21.4. The number of rotatable bonds is 3. The van der Waals surface area contributed by atoms with Crippen LogP contribution in [0, 0.1) is 0 Å². The minimum absolute atomic E-state index is 0.0285. The second-order valence-electron chi connectivity index (χ2n) is 8.89. The van der Waals surface area contributed by atoms with E-state index in [2.05, 4.69) is 64.7 Å². The highest BCUT2D eigenvalue weighted by Crippen LogP contribution is 2.60. The number of fused-ring (bicyclic) bond motifs is 2. The summed E-state index contributed by atoms with van der Waals surface area (Å²) in [5.74, 6) is 0.251. The smallest absolute Gasteiger partial charge is 0.407 e. The van der Waals surface area contributed by atoms with Gasteiger partial charge >= 0.3 is 6.95 Å². The molecule has 14 heteroatoms. The molecule has 0 radical (unpaired) electrons. The number of aromatic nitrogens is 4. The predicted octanol–water partition coefficient (Wildman–Crippen LogP) is 4.22. The first-order valence-corrected chi connectivity index (χ1v) is 15.6. The minimum atomic E-state index is -3.73. The fraction of sp³-hybridized carbons (Fsp3) is 0.688. The lowest BCUT2D eigenvalue weighted by Gasteiger charge is -2.41. The number of anilines is 1. The van der Waals surface area contributed by atoms with Crippen molar-refractivity contribution >= 4 is 59.4 Å². The van der Waals surface area contributed by atoms with E-state index in [1.807, 2.05) is 0 Å². The van der Waals surface area contributed by atoms with Gasteiger partial charge in [0, 0.05) is 11.2 Å². The molecule has 0 amide bonds. The van der Waals surface area contributed by atoms with E-state index in [-0.39, 0.29) is 17.5 Å². The van der Waals surface area contributed by atoms with Crippen molar-refractivity contribution in [2.75, 3.05) is 12.3 Å². The standard InChI is InChI=1S/C16H24BrClN5O5PSi/c1-16(2,3)30(4,5)28-11-10-8(6-25-29(18,24)27-10)26-14(11)23-13-9(22-15(23)17)12(19)20-7-21-13/h7-8,10-11,14H,6H2,1-5H3,(H2,19,20,21). The monoisotopic (exact) mass is 539 g/mol. The van der Waals surface area contributed by atoms with E-state index < -0.39 is 39.8 Å². The molecule has 2 aromatic heterocycles. The van der Waals surface area contributed by atoms with Gasteiger partial charge in [0.2, 0.25) is 0 Å². The van der Waals surface area contributed by atoms with Crippen LogP contribution in [0.5, 0.6) is 0 Å². The van der Waals surface area contributed by atoms with Gasteiger partial charge in [-0.3, -0.25) is 13.6 Å². The van der Waals surface area contributed by atoms with Crippen LogP contribution < -0.4 is 5.73 Å². The SMILES string of the molecule is CC(C)(C)[Si](C)(C)OC1C2OP(=O)(Cl)OCC2OC1n1c(Br)nc2c(N)ncnc21. The van der Waals surface area contributed by atoms with Gasteiger partial charge < -0.3 is 14.9 Å². The third kappa shape index (κ3) is 3.86. The van der Waals surface area contributed by atoms with Gasteiger partial charge in [-0.25, -0.2) is 19.5 Å². The van der Waals surface area contributed by atoms with E-state index in [0.29, 0.717) is 15.9 Å². The van der Waals surface area contributed by atoms with E-state index in [0.717, 1.165) is 0 Å². The molecule has 166 valence electrons. The largest absolute Gasteiger partial charge is 0.424 e. The normalized spacial score (nSPS) is 32.5. The fourth-order valence-corrected chi connectivity index (χ4v) is 6.49. The molecule has 2 N–H and O–H groups in total. The summed E-state index contributed by atoms with van der Waals surface area (Å²) in [7, 11) is -2.28. The molecule has 5 unspecified atom stereocenters. The first-order chi connectivity index (χ1) is 13.8. The Morgan fingerprint density at radius 2 is 2.10 bits per heavy atom. The lowest BCUT2D eigenvalue weighted by atomic mass is 10.1. The van der Waals surface area contributed by atoms with E-state index in [9.17, 15) is 4.57 Å². The van der Waals surface area contributed by atoms with Gasteiger partial charge in [-0.15, -0.1) is 0 Å². The Morgan fingerprint density at radius 1 is 1.40 bits per heavy atom. The van der Waals surface area contributed by atoms with Crippen molar-refractivity contribution in [3.63, 3.8) is 0 Å². The highest BCUT2D eigenvalue weighted by molar-refractivity contribution is 9.10. The van der Waals surface area contributed by atoms with Crippen LogP contribution in [-0.4, -0.2) is 52.8 Å².